The van der Waals surface area contributed by atoms with Crippen LogP contribution in [0.2, 0.25) is 0 Å². The minimum absolute atomic E-state index is 0.454. The molecule has 1 aliphatic heterocycles. The van der Waals surface area contributed by atoms with Crippen LogP contribution in [-0.2, 0) is 9.47 Å². The van der Waals surface area contributed by atoms with E-state index >= 15 is 0 Å². The zero-order valence-electron chi connectivity index (χ0n) is 7.72. The van der Waals surface area contributed by atoms with Gasteiger partial charge in [-0.25, -0.2) is 4.79 Å². The van der Waals surface area contributed by atoms with E-state index in [0.29, 0.717) is 0 Å². The lowest BCUT2D eigenvalue weighted by Gasteiger charge is -2.32. The fourth-order valence-electron chi connectivity index (χ4n) is 1.27. The second kappa shape index (κ2) is 3.17. The maximum absolute atomic E-state index is 10.8. The zero-order valence-corrected chi connectivity index (χ0v) is 7.72. The van der Waals surface area contributed by atoms with Crippen molar-refractivity contribution in [3.05, 3.63) is 11.8 Å². The molecule has 68 valence electrons. The van der Waals surface area contributed by atoms with E-state index in [1.165, 1.54) is 6.26 Å². The summed E-state index contributed by atoms with van der Waals surface area (Å²) in [6, 6.07) is 0. The molecule has 0 aromatic carbocycles. The molecule has 0 aromatic heterocycles. The molecule has 3 nitrogen and oxygen atoms in total. The van der Waals surface area contributed by atoms with Gasteiger partial charge in [0.25, 0.3) is 0 Å². The first-order chi connectivity index (χ1) is 5.58. The number of hydrogen-bond acceptors (Lipinski definition) is 3. The molecular formula is C9H14O3. The lowest BCUT2D eigenvalue weighted by Crippen LogP contribution is -2.36. The third kappa shape index (κ3) is 1.60. The summed E-state index contributed by atoms with van der Waals surface area (Å²) in [7, 11) is 0. The highest BCUT2D eigenvalue weighted by molar-refractivity contribution is 5.63. The van der Waals surface area contributed by atoms with E-state index < -0.39 is 11.8 Å². The first-order valence-corrected chi connectivity index (χ1v) is 4.15. The average molecular weight is 170 g/mol. The van der Waals surface area contributed by atoms with Crippen LogP contribution in [0.1, 0.15) is 33.6 Å². The van der Waals surface area contributed by atoms with Crippen LogP contribution >= 0.6 is 0 Å². The zero-order chi connectivity index (χ0) is 9.19. The normalized spacial score (nSPS) is 28.9. The molecule has 0 aromatic rings. The molecular weight excluding hydrogens is 156 g/mol. The van der Waals surface area contributed by atoms with E-state index in [1.807, 2.05) is 13.8 Å². The highest BCUT2D eigenvalue weighted by Crippen LogP contribution is 2.30. The van der Waals surface area contributed by atoms with Gasteiger partial charge in [-0.2, -0.15) is 0 Å². The molecule has 1 aliphatic rings. The second-order valence-electron chi connectivity index (χ2n) is 3.25. The summed E-state index contributed by atoms with van der Waals surface area (Å²) in [5.41, 5.74) is 0.508. The molecule has 1 rings (SSSR count). The minimum Gasteiger partial charge on any atom is -0.423 e. The van der Waals surface area contributed by atoms with Gasteiger partial charge in [0.15, 0.2) is 0 Å². The molecule has 0 saturated heterocycles. The summed E-state index contributed by atoms with van der Waals surface area (Å²) >= 11 is 0. The molecule has 1 heterocycles. The van der Waals surface area contributed by atoms with Gasteiger partial charge in [0.05, 0.1) is 0 Å². The van der Waals surface area contributed by atoms with Crippen LogP contribution in [0.4, 0.5) is 4.79 Å². The predicted molar refractivity (Wildman–Crippen MR) is 44.6 cm³/mol. The maximum atomic E-state index is 10.8. The van der Waals surface area contributed by atoms with Crippen molar-refractivity contribution < 1.29 is 14.3 Å². The van der Waals surface area contributed by atoms with Crippen LogP contribution in [0.3, 0.4) is 0 Å². The first-order valence-electron chi connectivity index (χ1n) is 4.15. The van der Waals surface area contributed by atoms with Crippen LogP contribution in [0.15, 0.2) is 11.8 Å². The van der Waals surface area contributed by atoms with E-state index in [4.69, 9.17) is 4.74 Å². The van der Waals surface area contributed by atoms with Gasteiger partial charge >= 0.3 is 6.16 Å². The van der Waals surface area contributed by atoms with Gasteiger partial charge in [-0.15, -0.1) is 0 Å². The number of hydrogen-bond donors (Lipinski definition) is 0. The fraction of sp³-hybridized carbons (Fsp3) is 0.667. The molecule has 3 heteroatoms. The van der Waals surface area contributed by atoms with Gasteiger partial charge in [0.1, 0.15) is 11.9 Å². The SMILES string of the molecule is CCCC1(C)OC(=O)OC=C1C. The van der Waals surface area contributed by atoms with Crippen molar-refractivity contribution in [2.45, 2.75) is 39.2 Å². The Hall–Kier alpha value is -0.990. The molecule has 0 saturated carbocycles. The molecule has 0 fully saturated rings. The summed E-state index contributed by atoms with van der Waals surface area (Å²) in [5, 5.41) is 0. The first kappa shape index (κ1) is 9.10. The van der Waals surface area contributed by atoms with Gasteiger partial charge in [0.2, 0.25) is 0 Å². The molecule has 0 N–H and O–H groups in total. The predicted octanol–water partition coefficient (Wildman–Crippen LogP) is 2.62. The Morgan fingerprint density at radius 3 is 2.83 bits per heavy atom. The number of rotatable bonds is 2. The Kier molecular flexibility index (Phi) is 2.40. The number of ether oxygens (including phenoxy) is 2. The van der Waals surface area contributed by atoms with Crippen LogP contribution < -0.4 is 0 Å². The molecule has 0 spiro atoms. The standard InChI is InChI=1S/C9H14O3/c1-4-5-9(3)7(2)6-11-8(10)12-9/h6H,4-5H2,1-3H3. The van der Waals surface area contributed by atoms with Crippen molar-refractivity contribution in [1.29, 1.82) is 0 Å². The number of cyclic esters (lactones) is 2. The van der Waals surface area contributed by atoms with Gasteiger partial charge in [-0.1, -0.05) is 13.3 Å². The van der Waals surface area contributed by atoms with Crippen LogP contribution in [0.25, 0.3) is 0 Å². The smallest absolute Gasteiger partial charge is 0.423 e. The topological polar surface area (TPSA) is 35.5 Å². The molecule has 0 radical (unpaired) electrons. The molecule has 0 amide bonds. The molecule has 0 bridgehead atoms. The molecule has 12 heavy (non-hydrogen) atoms. The van der Waals surface area contributed by atoms with E-state index in [9.17, 15) is 4.79 Å². The van der Waals surface area contributed by atoms with E-state index in [2.05, 4.69) is 11.7 Å². The van der Waals surface area contributed by atoms with E-state index in [0.717, 1.165) is 18.4 Å². The summed E-state index contributed by atoms with van der Waals surface area (Å²) in [6.45, 7) is 5.87. The lowest BCUT2D eigenvalue weighted by atomic mass is 9.92. The maximum Gasteiger partial charge on any atom is 0.514 e. The summed E-state index contributed by atoms with van der Waals surface area (Å²) < 4.78 is 9.71. The third-order valence-corrected chi connectivity index (χ3v) is 2.20. The van der Waals surface area contributed by atoms with Crippen molar-refractivity contribution in [1.82, 2.24) is 0 Å². The number of carbonyl (C=O) groups excluding carboxylic acids is 1. The van der Waals surface area contributed by atoms with Crippen LogP contribution in [-0.4, -0.2) is 11.8 Å². The van der Waals surface area contributed by atoms with Crippen molar-refractivity contribution in [3.63, 3.8) is 0 Å². The average Bonchev–Trinajstić information content (AvgIpc) is 1.98. The summed E-state index contributed by atoms with van der Waals surface area (Å²) in [4.78, 5) is 10.8. The minimum atomic E-state index is -0.600. The van der Waals surface area contributed by atoms with Crippen molar-refractivity contribution in [3.8, 4) is 0 Å². The lowest BCUT2D eigenvalue weighted by molar-refractivity contribution is -0.0122. The Labute approximate surface area is 72.4 Å². The van der Waals surface area contributed by atoms with Gasteiger partial charge in [0, 0.05) is 5.57 Å². The largest absolute Gasteiger partial charge is 0.514 e. The third-order valence-electron chi connectivity index (χ3n) is 2.20. The fourth-order valence-corrected chi connectivity index (χ4v) is 1.27. The van der Waals surface area contributed by atoms with Crippen molar-refractivity contribution >= 4 is 6.16 Å². The summed E-state index contributed by atoms with van der Waals surface area (Å²) in [5.74, 6) is 0. The Balaban J connectivity index is 2.79. The highest BCUT2D eigenvalue weighted by atomic mass is 16.7. The quantitative estimate of drug-likeness (QED) is 0.597. The second-order valence-corrected chi connectivity index (χ2v) is 3.25. The molecule has 1 atom stereocenters. The van der Waals surface area contributed by atoms with Gasteiger partial charge in [-0.3, -0.25) is 0 Å². The molecule has 1 unspecified atom stereocenters. The number of carbonyl (C=O) groups is 1. The monoisotopic (exact) mass is 170 g/mol. The summed E-state index contributed by atoms with van der Waals surface area (Å²) in [6.07, 6.45) is 2.69. The van der Waals surface area contributed by atoms with E-state index in [1.54, 1.807) is 0 Å². The van der Waals surface area contributed by atoms with Crippen molar-refractivity contribution in [2.24, 2.45) is 0 Å². The van der Waals surface area contributed by atoms with Crippen LogP contribution in [0.5, 0.6) is 0 Å². The Morgan fingerprint density at radius 1 is 1.58 bits per heavy atom. The van der Waals surface area contributed by atoms with Crippen molar-refractivity contribution in [2.75, 3.05) is 0 Å². The van der Waals surface area contributed by atoms with E-state index in [-0.39, 0.29) is 0 Å². The van der Waals surface area contributed by atoms with Crippen LogP contribution in [0, 0.1) is 0 Å². The Bertz CT molecular complexity index is 220. The van der Waals surface area contributed by atoms with Gasteiger partial charge < -0.3 is 9.47 Å². The Morgan fingerprint density at radius 2 is 2.25 bits per heavy atom. The van der Waals surface area contributed by atoms with Gasteiger partial charge in [-0.05, 0) is 20.3 Å². The molecule has 0 aliphatic carbocycles. The highest BCUT2D eigenvalue weighted by Gasteiger charge is 2.34.